The van der Waals surface area contributed by atoms with Gasteiger partial charge in [-0.25, -0.2) is 0 Å². The van der Waals surface area contributed by atoms with Crippen LogP contribution in [0.1, 0.15) is 5.56 Å². The SMILES string of the molecule is Cc1ccc([N+](=O)[O-])c(O)c1O. The van der Waals surface area contributed by atoms with Crippen LogP contribution in [0.2, 0.25) is 0 Å². The largest absolute Gasteiger partial charge is 0.504 e. The molecule has 0 spiro atoms. The standard InChI is InChI=1S/C7H7NO4/c1-4-2-3-5(8(11)12)7(10)6(4)9/h2-3,9-10H,1H3. The summed E-state index contributed by atoms with van der Waals surface area (Å²) in [5, 5.41) is 28.4. The molecule has 0 unspecified atom stereocenters. The summed E-state index contributed by atoms with van der Waals surface area (Å²) in [6, 6.07) is 2.51. The summed E-state index contributed by atoms with van der Waals surface area (Å²) in [4.78, 5) is 9.46. The Labute approximate surface area is 68.0 Å². The van der Waals surface area contributed by atoms with Gasteiger partial charge in [0.25, 0.3) is 0 Å². The van der Waals surface area contributed by atoms with E-state index in [0.717, 1.165) is 6.07 Å². The third kappa shape index (κ3) is 1.16. The van der Waals surface area contributed by atoms with E-state index in [9.17, 15) is 10.1 Å². The quantitative estimate of drug-likeness (QED) is 0.377. The number of hydrogen-bond acceptors (Lipinski definition) is 4. The first kappa shape index (κ1) is 8.32. The van der Waals surface area contributed by atoms with Gasteiger partial charge in [0.1, 0.15) is 0 Å². The number of nitro benzene ring substituents is 1. The highest BCUT2D eigenvalue weighted by Gasteiger charge is 2.17. The molecule has 5 heteroatoms. The summed E-state index contributed by atoms with van der Waals surface area (Å²) in [7, 11) is 0. The second-order valence-corrected chi connectivity index (χ2v) is 2.36. The average molecular weight is 169 g/mol. The maximum Gasteiger partial charge on any atom is 0.314 e. The van der Waals surface area contributed by atoms with E-state index in [0.29, 0.717) is 5.56 Å². The van der Waals surface area contributed by atoms with E-state index in [4.69, 9.17) is 10.2 Å². The Balaban J connectivity index is 3.36. The van der Waals surface area contributed by atoms with E-state index in [1.165, 1.54) is 6.07 Å². The first-order chi connectivity index (χ1) is 5.54. The summed E-state index contributed by atoms with van der Waals surface area (Å²) < 4.78 is 0. The first-order valence-electron chi connectivity index (χ1n) is 3.20. The number of aromatic hydroxyl groups is 2. The number of phenolic OH excluding ortho intramolecular Hbond substituents is 2. The van der Waals surface area contributed by atoms with Gasteiger partial charge in [-0.1, -0.05) is 0 Å². The van der Waals surface area contributed by atoms with Crippen molar-refractivity contribution in [2.24, 2.45) is 0 Å². The average Bonchev–Trinajstić information content (AvgIpc) is 2.00. The molecule has 0 aromatic heterocycles. The Hall–Kier alpha value is -1.78. The summed E-state index contributed by atoms with van der Waals surface area (Å²) in [5.74, 6) is -1.12. The minimum absolute atomic E-state index is 0.401. The molecule has 0 saturated carbocycles. The number of aryl methyl sites for hydroxylation is 1. The van der Waals surface area contributed by atoms with Crippen LogP contribution in [0.3, 0.4) is 0 Å². The monoisotopic (exact) mass is 169 g/mol. The number of hydrogen-bond donors (Lipinski definition) is 2. The Kier molecular flexibility index (Phi) is 1.86. The molecule has 0 atom stereocenters. The van der Waals surface area contributed by atoms with Crippen molar-refractivity contribution >= 4 is 5.69 Å². The van der Waals surface area contributed by atoms with Crippen LogP contribution in [0.4, 0.5) is 5.69 Å². The van der Waals surface area contributed by atoms with Crippen molar-refractivity contribution in [2.45, 2.75) is 6.92 Å². The molecule has 5 nitrogen and oxygen atoms in total. The molecule has 0 amide bonds. The molecule has 0 bridgehead atoms. The van der Waals surface area contributed by atoms with Crippen LogP contribution >= 0.6 is 0 Å². The van der Waals surface area contributed by atoms with E-state index in [1.807, 2.05) is 0 Å². The molecule has 0 radical (unpaired) electrons. The van der Waals surface area contributed by atoms with Gasteiger partial charge in [0.15, 0.2) is 5.75 Å². The lowest BCUT2D eigenvalue weighted by Crippen LogP contribution is -1.89. The molecule has 0 aliphatic carbocycles. The molecule has 0 saturated heterocycles. The topological polar surface area (TPSA) is 83.6 Å². The number of rotatable bonds is 1. The third-order valence-electron chi connectivity index (χ3n) is 1.53. The fourth-order valence-corrected chi connectivity index (χ4v) is 0.817. The molecule has 12 heavy (non-hydrogen) atoms. The van der Waals surface area contributed by atoms with Gasteiger partial charge in [-0.15, -0.1) is 0 Å². The van der Waals surface area contributed by atoms with Crippen LogP contribution in [-0.4, -0.2) is 15.1 Å². The number of nitro groups is 1. The third-order valence-corrected chi connectivity index (χ3v) is 1.53. The van der Waals surface area contributed by atoms with Crippen LogP contribution in [0.5, 0.6) is 11.5 Å². The Morgan fingerprint density at radius 1 is 1.33 bits per heavy atom. The van der Waals surface area contributed by atoms with Gasteiger partial charge in [0.2, 0.25) is 5.75 Å². The van der Waals surface area contributed by atoms with Crippen molar-refractivity contribution in [1.82, 2.24) is 0 Å². The van der Waals surface area contributed by atoms with Crippen LogP contribution in [0, 0.1) is 17.0 Å². The number of benzene rings is 1. The normalized spacial score (nSPS) is 9.75. The Morgan fingerprint density at radius 2 is 1.92 bits per heavy atom. The van der Waals surface area contributed by atoms with Gasteiger partial charge < -0.3 is 10.2 Å². The summed E-state index contributed by atoms with van der Waals surface area (Å²) >= 11 is 0. The summed E-state index contributed by atoms with van der Waals surface area (Å²) in [6.45, 7) is 1.54. The van der Waals surface area contributed by atoms with Crippen LogP contribution in [0.25, 0.3) is 0 Å². The second kappa shape index (κ2) is 2.69. The van der Waals surface area contributed by atoms with Crippen molar-refractivity contribution < 1.29 is 15.1 Å². The van der Waals surface area contributed by atoms with Gasteiger partial charge in [0, 0.05) is 6.07 Å². The van der Waals surface area contributed by atoms with Crippen molar-refractivity contribution in [3.8, 4) is 11.5 Å². The van der Waals surface area contributed by atoms with Gasteiger partial charge in [-0.3, -0.25) is 10.1 Å². The number of nitrogens with zero attached hydrogens (tertiary/aromatic N) is 1. The summed E-state index contributed by atoms with van der Waals surface area (Å²) in [6.07, 6.45) is 0. The van der Waals surface area contributed by atoms with Crippen LogP contribution in [-0.2, 0) is 0 Å². The van der Waals surface area contributed by atoms with Crippen LogP contribution < -0.4 is 0 Å². The van der Waals surface area contributed by atoms with Crippen molar-refractivity contribution in [2.75, 3.05) is 0 Å². The van der Waals surface area contributed by atoms with Crippen LogP contribution in [0.15, 0.2) is 12.1 Å². The molecular formula is C7H7NO4. The zero-order chi connectivity index (χ0) is 9.30. The minimum Gasteiger partial charge on any atom is -0.504 e. The lowest BCUT2D eigenvalue weighted by Gasteiger charge is -2.00. The fourth-order valence-electron chi connectivity index (χ4n) is 0.817. The van der Waals surface area contributed by atoms with Gasteiger partial charge in [-0.2, -0.15) is 0 Å². The molecule has 1 rings (SSSR count). The maximum absolute atomic E-state index is 10.2. The minimum atomic E-state index is -0.755. The zero-order valence-electron chi connectivity index (χ0n) is 6.31. The smallest absolute Gasteiger partial charge is 0.314 e. The molecule has 0 aliphatic heterocycles. The van der Waals surface area contributed by atoms with Gasteiger partial charge in [0.05, 0.1) is 4.92 Å². The molecule has 2 N–H and O–H groups in total. The molecule has 1 aromatic rings. The van der Waals surface area contributed by atoms with Gasteiger partial charge >= 0.3 is 5.69 Å². The highest BCUT2D eigenvalue weighted by atomic mass is 16.6. The molecular weight excluding hydrogens is 162 g/mol. The maximum atomic E-state index is 10.2. The second-order valence-electron chi connectivity index (χ2n) is 2.36. The molecule has 0 fully saturated rings. The predicted molar refractivity (Wildman–Crippen MR) is 41.2 cm³/mol. The Bertz CT molecular complexity index is 334. The van der Waals surface area contributed by atoms with Crippen molar-refractivity contribution in [3.05, 3.63) is 27.8 Å². The van der Waals surface area contributed by atoms with E-state index in [2.05, 4.69) is 0 Å². The van der Waals surface area contributed by atoms with Crippen molar-refractivity contribution in [3.63, 3.8) is 0 Å². The molecule has 0 heterocycles. The molecule has 64 valence electrons. The number of phenols is 2. The Morgan fingerprint density at radius 3 is 2.42 bits per heavy atom. The molecule has 0 aliphatic rings. The highest BCUT2D eigenvalue weighted by Crippen LogP contribution is 2.36. The van der Waals surface area contributed by atoms with E-state index >= 15 is 0 Å². The fraction of sp³-hybridized carbons (Fsp3) is 0.143. The lowest BCUT2D eigenvalue weighted by molar-refractivity contribution is -0.386. The van der Waals surface area contributed by atoms with Crippen molar-refractivity contribution in [1.29, 1.82) is 0 Å². The molecule has 1 aromatic carbocycles. The van der Waals surface area contributed by atoms with E-state index < -0.39 is 22.1 Å². The first-order valence-corrected chi connectivity index (χ1v) is 3.20. The predicted octanol–water partition coefficient (Wildman–Crippen LogP) is 1.31. The summed E-state index contributed by atoms with van der Waals surface area (Å²) in [5.41, 5.74) is -0.0869. The van der Waals surface area contributed by atoms with Gasteiger partial charge in [-0.05, 0) is 18.6 Å². The van der Waals surface area contributed by atoms with E-state index in [1.54, 1.807) is 6.92 Å². The lowest BCUT2D eigenvalue weighted by atomic mass is 10.2. The zero-order valence-corrected chi connectivity index (χ0v) is 6.31. The highest BCUT2D eigenvalue weighted by molar-refractivity contribution is 5.57. The van der Waals surface area contributed by atoms with E-state index in [-0.39, 0.29) is 0 Å².